The normalized spacial score (nSPS) is 17.5. The first-order valence-electron chi connectivity index (χ1n) is 8.44. The van der Waals surface area contributed by atoms with Crippen LogP contribution >= 0.6 is 0 Å². The van der Waals surface area contributed by atoms with E-state index < -0.39 is 12.5 Å². The van der Waals surface area contributed by atoms with Crippen molar-refractivity contribution in [3.63, 3.8) is 0 Å². The summed E-state index contributed by atoms with van der Waals surface area (Å²) < 4.78 is 42.1. The molecule has 0 spiro atoms. The highest BCUT2D eigenvalue weighted by Gasteiger charge is 2.31. The van der Waals surface area contributed by atoms with Crippen LogP contribution in [0, 0.1) is 12.8 Å². The Labute approximate surface area is 144 Å². The van der Waals surface area contributed by atoms with E-state index in [1.165, 1.54) is 30.7 Å². The van der Waals surface area contributed by atoms with Gasteiger partial charge in [0.2, 0.25) is 0 Å². The molecule has 0 saturated heterocycles. The molecule has 2 aromatic rings. The fourth-order valence-corrected chi connectivity index (χ4v) is 3.40. The van der Waals surface area contributed by atoms with Crippen LogP contribution in [-0.4, -0.2) is 21.2 Å². The van der Waals surface area contributed by atoms with Crippen LogP contribution in [0.3, 0.4) is 0 Å². The summed E-state index contributed by atoms with van der Waals surface area (Å²) in [6.45, 7) is 1.83. The number of ether oxygens (including phenoxy) is 1. The second-order valence-corrected chi connectivity index (χ2v) is 6.50. The maximum atomic E-state index is 12.2. The number of hydrogen-bond donors (Lipinski definition) is 1. The highest BCUT2D eigenvalue weighted by Crippen LogP contribution is 2.35. The average Bonchev–Trinajstić information content (AvgIpc) is 2.96. The number of benzene rings is 1. The lowest BCUT2D eigenvalue weighted by atomic mass is 9.83. The molecule has 1 heterocycles. The minimum Gasteiger partial charge on any atom is -0.406 e. The number of aromatic nitrogens is 2. The van der Waals surface area contributed by atoms with Crippen LogP contribution < -0.4 is 4.74 Å². The third-order valence-electron chi connectivity index (χ3n) is 4.69. The van der Waals surface area contributed by atoms with E-state index in [0.717, 1.165) is 36.9 Å². The summed E-state index contributed by atoms with van der Waals surface area (Å²) in [6.07, 6.45) is 2.00. The molecule has 1 unspecified atom stereocenters. The van der Waals surface area contributed by atoms with Gasteiger partial charge < -0.3 is 9.84 Å². The number of aryl methyl sites for hydroxylation is 1. The summed E-state index contributed by atoms with van der Waals surface area (Å²) in [5.41, 5.74) is 2.12. The number of halogens is 3. The van der Waals surface area contributed by atoms with Crippen molar-refractivity contribution in [1.82, 2.24) is 9.78 Å². The lowest BCUT2D eigenvalue weighted by Crippen LogP contribution is -2.17. The molecule has 1 N–H and O–H groups in total. The quantitative estimate of drug-likeness (QED) is 0.866. The van der Waals surface area contributed by atoms with E-state index in [1.54, 1.807) is 10.9 Å². The molecule has 4 nitrogen and oxygen atoms in total. The summed E-state index contributed by atoms with van der Waals surface area (Å²) in [6, 6.07) is 5.50. The molecule has 0 bridgehead atoms. The van der Waals surface area contributed by atoms with Crippen LogP contribution in [0.1, 0.15) is 49.5 Å². The number of rotatable bonds is 4. The van der Waals surface area contributed by atoms with E-state index in [1.807, 2.05) is 6.92 Å². The van der Waals surface area contributed by atoms with Crippen LogP contribution in [0.2, 0.25) is 0 Å². The van der Waals surface area contributed by atoms with Crippen molar-refractivity contribution in [1.29, 1.82) is 0 Å². The van der Waals surface area contributed by atoms with Gasteiger partial charge in [-0.3, -0.25) is 0 Å². The van der Waals surface area contributed by atoms with Crippen LogP contribution in [0.25, 0.3) is 5.69 Å². The molecule has 0 aliphatic heterocycles. The Hall–Kier alpha value is -2.02. The van der Waals surface area contributed by atoms with Crippen molar-refractivity contribution in [2.24, 2.45) is 5.92 Å². The Kier molecular flexibility index (Phi) is 5.03. The van der Waals surface area contributed by atoms with Crippen LogP contribution in [-0.2, 0) is 0 Å². The molecular weight excluding hydrogens is 333 g/mol. The first-order valence-corrected chi connectivity index (χ1v) is 8.44. The van der Waals surface area contributed by atoms with Gasteiger partial charge in [0.05, 0.1) is 17.5 Å². The standard InChI is InChI=1S/C18H21F3N2O2/c1-12-16(17(24)13-5-3-2-4-6-13)11-23(22-12)14-7-9-15(10-8-14)25-18(19,20)21/h7-11,13,17,24H,2-6H2,1H3. The smallest absolute Gasteiger partial charge is 0.406 e. The molecule has 136 valence electrons. The maximum absolute atomic E-state index is 12.2. The number of aliphatic hydroxyl groups excluding tert-OH is 1. The molecule has 3 rings (SSSR count). The Morgan fingerprint density at radius 3 is 2.40 bits per heavy atom. The Bertz CT molecular complexity index is 704. The van der Waals surface area contributed by atoms with E-state index >= 15 is 0 Å². The van der Waals surface area contributed by atoms with Crippen LogP contribution in [0.4, 0.5) is 13.2 Å². The molecule has 1 fully saturated rings. The lowest BCUT2D eigenvalue weighted by molar-refractivity contribution is -0.274. The first kappa shape index (κ1) is 17.8. The van der Waals surface area contributed by atoms with Gasteiger partial charge in [-0.25, -0.2) is 4.68 Å². The predicted molar refractivity (Wildman–Crippen MR) is 86.5 cm³/mol. The third kappa shape index (κ3) is 4.34. The highest BCUT2D eigenvalue weighted by molar-refractivity contribution is 5.38. The van der Waals surface area contributed by atoms with Gasteiger partial charge >= 0.3 is 6.36 Å². The zero-order valence-corrected chi connectivity index (χ0v) is 14.0. The Morgan fingerprint density at radius 2 is 1.80 bits per heavy atom. The molecule has 1 aliphatic carbocycles. The van der Waals surface area contributed by atoms with Gasteiger partial charge in [-0.15, -0.1) is 13.2 Å². The van der Waals surface area contributed by atoms with Crippen molar-refractivity contribution in [2.45, 2.75) is 51.5 Å². The second kappa shape index (κ2) is 7.07. The molecule has 0 amide bonds. The summed E-state index contributed by atoms with van der Waals surface area (Å²) >= 11 is 0. The Morgan fingerprint density at radius 1 is 1.16 bits per heavy atom. The first-order chi connectivity index (χ1) is 11.8. The highest BCUT2D eigenvalue weighted by atomic mass is 19.4. The summed E-state index contributed by atoms with van der Waals surface area (Å²) in [4.78, 5) is 0. The van der Waals surface area contributed by atoms with Gasteiger partial charge in [-0.05, 0) is 49.9 Å². The fraction of sp³-hybridized carbons (Fsp3) is 0.500. The average molecular weight is 354 g/mol. The number of nitrogens with zero attached hydrogens (tertiary/aromatic N) is 2. The number of aliphatic hydroxyl groups is 1. The summed E-state index contributed by atoms with van der Waals surface area (Å²) in [5, 5.41) is 15.1. The molecule has 1 aliphatic rings. The van der Waals surface area contributed by atoms with Gasteiger partial charge in [-0.1, -0.05) is 19.3 Å². The van der Waals surface area contributed by atoms with Crippen molar-refractivity contribution in [3.8, 4) is 11.4 Å². The van der Waals surface area contributed by atoms with Crippen molar-refractivity contribution in [2.75, 3.05) is 0 Å². The Balaban J connectivity index is 1.77. The van der Waals surface area contributed by atoms with Gasteiger partial charge in [0.25, 0.3) is 0 Å². The lowest BCUT2D eigenvalue weighted by Gasteiger charge is -2.26. The van der Waals surface area contributed by atoms with Gasteiger partial charge in [0.15, 0.2) is 0 Å². The largest absolute Gasteiger partial charge is 0.573 e. The zero-order valence-electron chi connectivity index (χ0n) is 14.0. The van der Waals surface area contributed by atoms with Crippen molar-refractivity contribution >= 4 is 0 Å². The zero-order chi connectivity index (χ0) is 18.0. The van der Waals surface area contributed by atoms with Crippen LogP contribution in [0.5, 0.6) is 5.75 Å². The molecule has 25 heavy (non-hydrogen) atoms. The molecule has 1 atom stereocenters. The van der Waals surface area contributed by atoms with E-state index in [9.17, 15) is 18.3 Å². The van der Waals surface area contributed by atoms with Crippen LogP contribution in [0.15, 0.2) is 30.5 Å². The summed E-state index contributed by atoms with van der Waals surface area (Å²) in [7, 11) is 0. The molecular formula is C18H21F3N2O2. The monoisotopic (exact) mass is 354 g/mol. The number of alkyl halides is 3. The van der Waals surface area contributed by atoms with Gasteiger partial charge in [0, 0.05) is 11.8 Å². The molecule has 1 saturated carbocycles. The molecule has 1 aromatic heterocycles. The SMILES string of the molecule is Cc1nn(-c2ccc(OC(F)(F)F)cc2)cc1C(O)C1CCCCC1. The van der Waals surface area contributed by atoms with Crippen molar-refractivity contribution < 1.29 is 23.0 Å². The van der Waals surface area contributed by atoms with Gasteiger partial charge in [-0.2, -0.15) is 5.10 Å². The van der Waals surface area contributed by atoms with E-state index in [4.69, 9.17) is 0 Å². The van der Waals surface area contributed by atoms with E-state index in [-0.39, 0.29) is 11.7 Å². The molecule has 0 radical (unpaired) electrons. The summed E-state index contributed by atoms with van der Waals surface area (Å²) in [5.74, 6) is -0.0322. The topological polar surface area (TPSA) is 47.3 Å². The van der Waals surface area contributed by atoms with Gasteiger partial charge in [0.1, 0.15) is 5.75 Å². The fourth-order valence-electron chi connectivity index (χ4n) is 3.40. The minimum absolute atomic E-state index is 0.243. The van der Waals surface area contributed by atoms with E-state index in [2.05, 4.69) is 9.84 Å². The van der Waals surface area contributed by atoms with Crippen molar-refractivity contribution in [3.05, 3.63) is 41.7 Å². The molecule has 7 heteroatoms. The second-order valence-electron chi connectivity index (χ2n) is 6.50. The molecule has 1 aromatic carbocycles. The van der Waals surface area contributed by atoms with E-state index in [0.29, 0.717) is 5.69 Å². The maximum Gasteiger partial charge on any atom is 0.573 e. The third-order valence-corrected chi connectivity index (χ3v) is 4.69. The number of hydrogen-bond acceptors (Lipinski definition) is 3. The predicted octanol–water partition coefficient (Wildman–Crippen LogP) is 4.69. The minimum atomic E-state index is -4.71.